The van der Waals surface area contributed by atoms with E-state index in [2.05, 4.69) is 17.4 Å². The zero-order chi connectivity index (χ0) is 13.7. The van der Waals surface area contributed by atoms with Crippen molar-refractivity contribution in [1.29, 1.82) is 0 Å². The molecule has 0 radical (unpaired) electrons. The average molecular weight is 257 g/mol. The monoisotopic (exact) mass is 257 g/mol. The molecule has 0 heterocycles. The van der Waals surface area contributed by atoms with Gasteiger partial charge < -0.3 is 15.2 Å². The van der Waals surface area contributed by atoms with E-state index in [9.17, 15) is 0 Å². The van der Waals surface area contributed by atoms with Crippen LogP contribution in [0.25, 0.3) is 0 Å². The number of aryl methyl sites for hydroxylation is 1. The molecule has 0 aliphatic rings. The molecule has 0 saturated carbocycles. The quantitative estimate of drug-likeness (QED) is 0.865. The number of rotatable bonds is 5. The van der Waals surface area contributed by atoms with Crippen molar-refractivity contribution in [3.63, 3.8) is 0 Å². The van der Waals surface area contributed by atoms with E-state index in [0.717, 1.165) is 29.2 Å². The zero-order valence-electron chi connectivity index (χ0n) is 11.3. The number of hydrogen-bond acceptors (Lipinski definition) is 3. The Hall–Kier alpha value is -1.84. The summed E-state index contributed by atoms with van der Waals surface area (Å²) in [5.74, 6) is 1.59. The molecular formula is C16H19NO2. The topological polar surface area (TPSA) is 41.5 Å². The van der Waals surface area contributed by atoms with Gasteiger partial charge in [-0.1, -0.05) is 24.3 Å². The predicted molar refractivity (Wildman–Crippen MR) is 76.4 cm³/mol. The molecule has 2 N–H and O–H groups in total. The average Bonchev–Trinajstić information content (AvgIpc) is 2.42. The molecule has 0 aliphatic carbocycles. The van der Waals surface area contributed by atoms with Gasteiger partial charge in [0.1, 0.15) is 11.5 Å². The fourth-order valence-electron chi connectivity index (χ4n) is 1.97. The second kappa shape index (κ2) is 6.36. The minimum Gasteiger partial charge on any atom is -0.457 e. The Morgan fingerprint density at radius 3 is 2.63 bits per heavy atom. The number of ether oxygens (including phenoxy) is 1. The highest BCUT2D eigenvalue weighted by atomic mass is 16.5. The number of aliphatic hydroxyl groups excluding tert-OH is 1. The first-order chi connectivity index (χ1) is 9.22. The Morgan fingerprint density at radius 1 is 1.11 bits per heavy atom. The highest BCUT2D eigenvalue weighted by Crippen LogP contribution is 2.26. The maximum absolute atomic E-state index is 9.12. The largest absolute Gasteiger partial charge is 0.457 e. The summed E-state index contributed by atoms with van der Waals surface area (Å²) >= 11 is 0. The summed E-state index contributed by atoms with van der Waals surface area (Å²) in [5, 5.41) is 12.2. The van der Waals surface area contributed by atoms with Crippen LogP contribution in [0.1, 0.15) is 16.7 Å². The summed E-state index contributed by atoms with van der Waals surface area (Å²) in [6.45, 7) is 2.91. The fraction of sp³-hybridized carbons (Fsp3) is 0.250. The third kappa shape index (κ3) is 3.56. The molecule has 0 saturated heterocycles. The molecule has 19 heavy (non-hydrogen) atoms. The maximum Gasteiger partial charge on any atom is 0.130 e. The van der Waals surface area contributed by atoms with Gasteiger partial charge in [-0.3, -0.25) is 0 Å². The SMILES string of the molecule is CNCc1ccc(Oc2cccc(CO)c2)c(C)c1. The molecule has 2 rings (SSSR count). The lowest BCUT2D eigenvalue weighted by molar-refractivity contribution is 0.281. The predicted octanol–water partition coefficient (Wildman–Crippen LogP) is 3.00. The van der Waals surface area contributed by atoms with Crippen LogP contribution < -0.4 is 10.1 Å². The van der Waals surface area contributed by atoms with Gasteiger partial charge >= 0.3 is 0 Å². The van der Waals surface area contributed by atoms with E-state index in [-0.39, 0.29) is 6.61 Å². The molecule has 0 spiro atoms. The van der Waals surface area contributed by atoms with Crippen LogP contribution in [0.4, 0.5) is 0 Å². The molecule has 0 unspecified atom stereocenters. The first kappa shape index (κ1) is 13.6. The molecule has 0 aromatic heterocycles. The van der Waals surface area contributed by atoms with E-state index in [4.69, 9.17) is 9.84 Å². The highest BCUT2D eigenvalue weighted by Gasteiger charge is 2.03. The summed E-state index contributed by atoms with van der Waals surface area (Å²) < 4.78 is 5.85. The van der Waals surface area contributed by atoms with Gasteiger partial charge in [0.25, 0.3) is 0 Å². The number of benzene rings is 2. The van der Waals surface area contributed by atoms with Gasteiger partial charge in [0, 0.05) is 6.54 Å². The molecule has 2 aromatic rings. The third-order valence-corrected chi connectivity index (χ3v) is 2.93. The zero-order valence-corrected chi connectivity index (χ0v) is 11.3. The van der Waals surface area contributed by atoms with Crippen molar-refractivity contribution < 1.29 is 9.84 Å². The molecular weight excluding hydrogens is 238 g/mol. The minimum atomic E-state index is 0.0251. The molecule has 2 aromatic carbocycles. The van der Waals surface area contributed by atoms with Crippen molar-refractivity contribution in [2.45, 2.75) is 20.1 Å². The summed E-state index contributed by atoms with van der Waals surface area (Å²) in [7, 11) is 1.93. The number of aliphatic hydroxyl groups is 1. The molecule has 3 heteroatoms. The van der Waals surface area contributed by atoms with Crippen LogP contribution in [0.3, 0.4) is 0 Å². The fourth-order valence-corrected chi connectivity index (χ4v) is 1.97. The third-order valence-electron chi connectivity index (χ3n) is 2.93. The summed E-state index contributed by atoms with van der Waals surface area (Å²) in [6.07, 6.45) is 0. The first-order valence-corrected chi connectivity index (χ1v) is 6.34. The van der Waals surface area contributed by atoms with Gasteiger partial charge in [-0.05, 0) is 48.9 Å². The van der Waals surface area contributed by atoms with Crippen LogP contribution in [-0.2, 0) is 13.2 Å². The second-order valence-corrected chi connectivity index (χ2v) is 4.54. The van der Waals surface area contributed by atoms with Crippen molar-refractivity contribution in [2.75, 3.05) is 7.05 Å². The van der Waals surface area contributed by atoms with Crippen molar-refractivity contribution in [2.24, 2.45) is 0 Å². The van der Waals surface area contributed by atoms with E-state index in [1.807, 2.05) is 44.3 Å². The van der Waals surface area contributed by atoms with E-state index in [1.54, 1.807) is 0 Å². The molecule has 3 nitrogen and oxygen atoms in total. The lowest BCUT2D eigenvalue weighted by atomic mass is 10.1. The number of nitrogens with one attached hydrogen (secondary N) is 1. The Kier molecular flexibility index (Phi) is 4.55. The summed E-state index contributed by atoms with van der Waals surface area (Å²) in [4.78, 5) is 0. The number of hydrogen-bond donors (Lipinski definition) is 2. The van der Waals surface area contributed by atoms with Crippen LogP contribution >= 0.6 is 0 Å². The molecule has 100 valence electrons. The summed E-state index contributed by atoms with van der Waals surface area (Å²) in [6, 6.07) is 13.6. The Labute approximate surface area is 113 Å². The van der Waals surface area contributed by atoms with Crippen molar-refractivity contribution in [3.8, 4) is 11.5 Å². The van der Waals surface area contributed by atoms with E-state index < -0.39 is 0 Å². The van der Waals surface area contributed by atoms with E-state index in [0.29, 0.717) is 0 Å². The van der Waals surface area contributed by atoms with Crippen LogP contribution in [0.2, 0.25) is 0 Å². The first-order valence-electron chi connectivity index (χ1n) is 6.34. The molecule has 0 amide bonds. The second-order valence-electron chi connectivity index (χ2n) is 4.54. The Morgan fingerprint density at radius 2 is 1.95 bits per heavy atom. The van der Waals surface area contributed by atoms with Crippen LogP contribution in [-0.4, -0.2) is 12.2 Å². The van der Waals surface area contributed by atoms with Gasteiger partial charge in [-0.2, -0.15) is 0 Å². The van der Waals surface area contributed by atoms with Gasteiger partial charge in [-0.15, -0.1) is 0 Å². The van der Waals surface area contributed by atoms with E-state index in [1.165, 1.54) is 5.56 Å². The van der Waals surface area contributed by atoms with Crippen LogP contribution in [0.5, 0.6) is 11.5 Å². The Bertz CT molecular complexity index is 552. The highest BCUT2D eigenvalue weighted by molar-refractivity contribution is 5.40. The smallest absolute Gasteiger partial charge is 0.130 e. The maximum atomic E-state index is 9.12. The van der Waals surface area contributed by atoms with E-state index >= 15 is 0 Å². The van der Waals surface area contributed by atoms with Gasteiger partial charge in [0.2, 0.25) is 0 Å². The molecule has 0 atom stereocenters. The van der Waals surface area contributed by atoms with Crippen molar-refractivity contribution in [3.05, 3.63) is 59.2 Å². The van der Waals surface area contributed by atoms with Gasteiger partial charge in [0.05, 0.1) is 6.61 Å². The lowest BCUT2D eigenvalue weighted by Gasteiger charge is -2.11. The molecule has 0 aliphatic heterocycles. The van der Waals surface area contributed by atoms with Gasteiger partial charge in [0.15, 0.2) is 0 Å². The molecule has 0 bridgehead atoms. The van der Waals surface area contributed by atoms with Crippen molar-refractivity contribution >= 4 is 0 Å². The molecule has 0 fully saturated rings. The van der Waals surface area contributed by atoms with Crippen LogP contribution in [0, 0.1) is 6.92 Å². The minimum absolute atomic E-state index is 0.0251. The normalized spacial score (nSPS) is 10.5. The standard InChI is InChI=1S/C16H19NO2/c1-12-8-13(10-17-2)6-7-16(12)19-15-5-3-4-14(9-15)11-18/h3-9,17-18H,10-11H2,1-2H3. The Balaban J connectivity index is 2.18. The van der Waals surface area contributed by atoms with Crippen LogP contribution in [0.15, 0.2) is 42.5 Å². The summed E-state index contributed by atoms with van der Waals surface area (Å²) in [5.41, 5.74) is 3.18. The van der Waals surface area contributed by atoms with Crippen molar-refractivity contribution in [1.82, 2.24) is 5.32 Å². The lowest BCUT2D eigenvalue weighted by Crippen LogP contribution is -2.05. The van der Waals surface area contributed by atoms with Gasteiger partial charge in [-0.25, -0.2) is 0 Å².